The topological polar surface area (TPSA) is 80.1 Å². The molecule has 4 rings (SSSR count). The zero-order chi connectivity index (χ0) is 22.4. The molecule has 0 aliphatic carbocycles. The van der Waals surface area contributed by atoms with E-state index in [-0.39, 0.29) is 31.4 Å². The second kappa shape index (κ2) is 9.84. The van der Waals surface area contributed by atoms with Crippen LogP contribution in [-0.4, -0.2) is 49.7 Å². The molecule has 8 heteroatoms. The van der Waals surface area contributed by atoms with Crippen LogP contribution in [0.1, 0.15) is 21.9 Å². The monoisotopic (exact) mass is 452 g/mol. The Hall–Kier alpha value is -3.36. The number of amides is 1. The molecule has 166 valence electrons. The Morgan fingerprint density at radius 3 is 2.25 bits per heavy atom. The van der Waals surface area contributed by atoms with Gasteiger partial charge in [-0.05, 0) is 35.9 Å². The molecule has 2 heterocycles. The fourth-order valence-corrected chi connectivity index (χ4v) is 4.53. The van der Waals surface area contributed by atoms with E-state index in [1.165, 1.54) is 9.71 Å². The fraction of sp³-hybridized carbons (Fsp3) is 0.208. The highest BCUT2D eigenvalue weighted by molar-refractivity contribution is 7.92. The summed E-state index contributed by atoms with van der Waals surface area (Å²) in [6.45, 7) is 1.29. The number of hydrogen-bond donors (Lipinski definition) is 0. The van der Waals surface area contributed by atoms with E-state index in [1.54, 1.807) is 23.1 Å². The van der Waals surface area contributed by atoms with E-state index in [0.29, 0.717) is 18.8 Å². The number of carbonyl (C=O) groups is 1. The largest absolute Gasteiger partial charge is 0.486 e. The predicted molar refractivity (Wildman–Crippen MR) is 121 cm³/mol. The lowest BCUT2D eigenvalue weighted by molar-refractivity contribution is 0.0662. The van der Waals surface area contributed by atoms with Gasteiger partial charge in [0.1, 0.15) is 18.1 Å². The van der Waals surface area contributed by atoms with Crippen molar-refractivity contribution in [3.8, 4) is 5.75 Å². The molecule has 3 aromatic rings. The molecule has 0 unspecified atom stereocenters. The first-order valence-corrected chi connectivity index (χ1v) is 11.8. The van der Waals surface area contributed by atoms with Gasteiger partial charge in [-0.2, -0.15) is 4.31 Å². The third kappa shape index (κ3) is 5.46. The van der Waals surface area contributed by atoms with Gasteiger partial charge < -0.3 is 14.1 Å². The van der Waals surface area contributed by atoms with Gasteiger partial charge in [0.2, 0.25) is 10.0 Å². The van der Waals surface area contributed by atoms with Crippen molar-refractivity contribution in [1.29, 1.82) is 0 Å². The van der Waals surface area contributed by atoms with Gasteiger partial charge in [0.05, 0.1) is 0 Å². The second-order valence-electron chi connectivity index (χ2n) is 7.32. The molecule has 1 aromatic heterocycles. The van der Waals surface area contributed by atoms with Crippen LogP contribution in [0.5, 0.6) is 5.75 Å². The summed E-state index contributed by atoms with van der Waals surface area (Å²) < 4.78 is 37.9. The van der Waals surface area contributed by atoms with Gasteiger partial charge in [-0.25, -0.2) is 8.42 Å². The minimum Gasteiger partial charge on any atom is -0.486 e. The van der Waals surface area contributed by atoms with Gasteiger partial charge in [0.25, 0.3) is 5.91 Å². The average Bonchev–Trinajstić information content (AvgIpc) is 3.32. The Morgan fingerprint density at radius 2 is 1.56 bits per heavy atom. The molecule has 1 aliphatic heterocycles. The van der Waals surface area contributed by atoms with E-state index in [9.17, 15) is 13.2 Å². The van der Waals surface area contributed by atoms with Crippen LogP contribution in [-0.2, 0) is 16.6 Å². The van der Waals surface area contributed by atoms with Crippen LogP contribution < -0.4 is 4.74 Å². The number of nitrogens with zero attached hydrogens (tertiary/aromatic N) is 2. The van der Waals surface area contributed by atoms with Crippen LogP contribution in [0.15, 0.2) is 82.6 Å². The van der Waals surface area contributed by atoms with E-state index >= 15 is 0 Å². The number of sulfonamides is 1. The number of piperazine rings is 1. The molecule has 1 amide bonds. The molecule has 0 bridgehead atoms. The van der Waals surface area contributed by atoms with E-state index < -0.39 is 10.0 Å². The molecule has 1 saturated heterocycles. The normalized spacial score (nSPS) is 15.2. The molecule has 7 nitrogen and oxygen atoms in total. The number of hydrogen-bond acceptors (Lipinski definition) is 5. The third-order valence-electron chi connectivity index (χ3n) is 5.11. The maximum atomic E-state index is 12.8. The minimum atomic E-state index is -3.55. The van der Waals surface area contributed by atoms with Gasteiger partial charge in [-0.1, -0.05) is 48.5 Å². The number of rotatable bonds is 7. The number of carbonyl (C=O) groups excluding carboxylic acids is 1. The summed E-state index contributed by atoms with van der Waals surface area (Å²) in [7, 11) is -3.55. The number of para-hydroxylation sites is 1. The first-order chi connectivity index (χ1) is 15.5. The van der Waals surface area contributed by atoms with Crippen molar-refractivity contribution in [2.75, 3.05) is 26.2 Å². The zero-order valence-corrected chi connectivity index (χ0v) is 18.3. The average molecular weight is 453 g/mol. The summed E-state index contributed by atoms with van der Waals surface area (Å²) in [6.07, 6.45) is 1.58. The third-order valence-corrected chi connectivity index (χ3v) is 6.68. The minimum absolute atomic E-state index is 0.219. The van der Waals surface area contributed by atoms with Gasteiger partial charge >= 0.3 is 0 Å². The Morgan fingerprint density at radius 1 is 0.906 bits per heavy atom. The molecule has 1 fully saturated rings. The Bertz CT molecular complexity index is 1170. The molecule has 0 atom stereocenters. The van der Waals surface area contributed by atoms with Crippen molar-refractivity contribution in [2.24, 2.45) is 0 Å². The van der Waals surface area contributed by atoms with Crippen molar-refractivity contribution in [3.63, 3.8) is 0 Å². The lowest BCUT2D eigenvalue weighted by Crippen LogP contribution is -2.50. The smallest absolute Gasteiger partial charge is 0.289 e. The van der Waals surface area contributed by atoms with E-state index in [1.807, 2.05) is 60.7 Å². The van der Waals surface area contributed by atoms with Crippen molar-refractivity contribution in [3.05, 3.63) is 95.3 Å². The van der Waals surface area contributed by atoms with Crippen molar-refractivity contribution in [2.45, 2.75) is 6.61 Å². The molecule has 0 radical (unpaired) electrons. The van der Waals surface area contributed by atoms with Gasteiger partial charge in [0.15, 0.2) is 5.76 Å². The van der Waals surface area contributed by atoms with Crippen molar-refractivity contribution in [1.82, 2.24) is 9.21 Å². The first kappa shape index (κ1) is 21.9. The highest BCUT2D eigenvalue weighted by Crippen LogP contribution is 2.17. The standard InChI is InChI=1S/C24H24N2O5S/c27-24(23-12-11-22(31-23)19-30-21-9-5-2-6-10-21)25-14-16-26(17-15-25)32(28,29)18-13-20-7-3-1-4-8-20/h1-13,18H,14-17,19H2. The summed E-state index contributed by atoms with van der Waals surface area (Å²) >= 11 is 0. The fourth-order valence-electron chi connectivity index (χ4n) is 3.36. The molecule has 2 aromatic carbocycles. The van der Waals surface area contributed by atoms with Crippen LogP contribution >= 0.6 is 0 Å². The molecular formula is C24H24N2O5S. The predicted octanol–water partition coefficient (Wildman–Crippen LogP) is 3.62. The summed E-state index contributed by atoms with van der Waals surface area (Å²) in [6, 6.07) is 21.9. The lowest BCUT2D eigenvalue weighted by Gasteiger charge is -2.32. The maximum absolute atomic E-state index is 12.8. The summed E-state index contributed by atoms with van der Waals surface area (Å²) in [5.41, 5.74) is 0.815. The second-order valence-corrected chi connectivity index (χ2v) is 9.14. The molecular weight excluding hydrogens is 428 g/mol. The van der Waals surface area contributed by atoms with Crippen LogP contribution in [0.3, 0.4) is 0 Å². The Labute approximate surface area is 187 Å². The van der Waals surface area contributed by atoms with Crippen molar-refractivity contribution < 1.29 is 22.4 Å². The van der Waals surface area contributed by atoms with E-state index in [2.05, 4.69) is 0 Å². The highest BCUT2D eigenvalue weighted by Gasteiger charge is 2.29. The van der Waals surface area contributed by atoms with Crippen LogP contribution in [0.4, 0.5) is 0 Å². The number of benzene rings is 2. The maximum Gasteiger partial charge on any atom is 0.289 e. The summed E-state index contributed by atoms with van der Waals surface area (Å²) in [5.74, 6) is 1.23. The van der Waals surface area contributed by atoms with Gasteiger partial charge in [-0.15, -0.1) is 0 Å². The van der Waals surface area contributed by atoms with Gasteiger partial charge in [0, 0.05) is 31.6 Å². The lowest BCUT2D eigenvalue weighted by atomic mass is 10.2. The summed E-state index contributed by atoms with van der Waals surface area (Å²) in [4.78, 5) is 14.4. The Balaban J connectivity index is 1.31. The molecule has 1 aliphatic rings. The van der Waals surface area contributed by atoms with Gasteiger partial charge in [-0.3, -0.25) is 4.79 Å². The molecule has 0 spiro atoms. The zero-order valence-electron chi connectivity index (χ0n) is 17.5. The first-order valence-electron chi connectivity index (χ1n) is 10.3. The molecule has 0 saturated carbocycles. The van der Waals surface area contributed by atoms with Crippen LogP contribution in [0.2, 0.25) is 0 Å². The molecule has 32 heavy (non-hydrogen) atoms. The highest BCUT2D eigenvalue weighted by atomic mass is 32.2. The SMILES string of the molecule is O=C(c1ccc(COc2ccccc2)o1)N1CCN(S(=O)(=O)C=Cc2ccccc2)CC1. The van der Waals surface area contributed by atoms with E-state index in [4.69, 9.17) is 9.15 Å². The number of furan rings is 1. The van der Waals surface area contributed by atoms with Crippen LogP contribution in [0, 0.1) is 0 Å². The van der Waals surface area contributed by atoms with Crippen molar-refractivity contribution >= 4 is 22.0 Å². The molecule has 0 N–H and O–H groups in total. The number of ether oxygens (including phenoxy) is 1. The summed E-state index contributed by atoms with van der Waals surface area (Å²) in [5, 5.41) is 1.21. The Kier molecular flexibility index (Phi) is 6.72. The van der Waals surface area contributed by atoms with Crippen LogP contribution in [0.25, 0.3) is 6.08 Å². The quantitative estimate of drug-likeness (QED) is 0.547. The van der Waals surface area contributed by atoms with E-state index in [0.717, 1.165) is 11.3 Å².